The molecule has 1 N–H and O–H groups in total. The highest BCUT2D eigenvalue weighted by Gasteiger charge is 2.22. The van der Waals surface area contributed by atoms with E-state index in [4.69, 9.17) is 11.6 Å². The number of hydrogen-bond donors (Lipinski definition) is 1. The molecule has 0 fully saturated rings. The van der Waals surface area contributed by atoms with E-state index in [-0.39, 0.29) is 15.5 Å². The number of aromatic nitrogens is 1. The van der Waals surface area contributed by atoms with Gasteiger partial charge in [-0.05, 0) is 37.5 Å². The van der Waals surface area contributed by atoms with Crippen molar-refractivity contribution < 1.29 is 13.2 Å². The summed E-state index contributed by atoms with van der Waals surface area (Å²) in [6, 6.07) is 4.08. The van der Waals surface area contributed by atoms with Crippen molar-refractivity contribution in [2.45, 2.75) is 24.2 Å². The molecule has 0 atom stereocenters. The van der Waals surface area contributed by atoms with E-state index in [0.29, 0.717) is 5.13 Å². The highest BCUT2D eigenvalue weighted by atomic mass is 35.5. The lowest BCUT2D eigenvalue weighted by Gasteiger charge is -2.13. The topological polar surface area (TPSA) is 79.4 Å². The molecule has 1 aliphatic carbocycles. The van der Waals surface area contributed by atoms with Crippen LogP contribution in [0.5, 0.6) is 0 Å². The summed E-state index contributed by atoms with van der Waals surface area (Å²) in [4.78, 5) is 18.1. The summed E-state index contributed by atoms with van der Waals surface area (Å²) in [5.74, 6) is -0.469. The molecule has 2 aromatic rings. The van der Waals surface area contributed by atoms with Crippen molar-refractivity contribution >= 4 is 44.0 Å². The standard InChI is InChI=1S/C15H16ClN3O3S2/c1-19(2)24(21,22)9-6-7-11(16)10(8-9)14(20)18-15-17-12-4-3-5-13(12)23-15/h6-8H,3-5H2,1-2H3,(H,17,18,20). The largest absolute Gasteiger partial charge is 0.298 e. The quantitative estimate of drug-likeness (QED) is 0.877. The van der Waals surface area contributed by atoms with Crippen molar-refractivity contribution in [2.75, 3.05) is 19.4 Å². The Morgan fingerprint density at radius 3 is 2.75 bits per heavy atom. The second kappa shape index (κ2) is 6.44. The van der Waals surface area contributed by atoms with Gasteiger partial charge in [0.05, 0.1) is 21.2 Å². The van der Waals surface area contributed by atoms with Crippen LogP contribution in [0.1, 0.15) is 27.3 Å². The lowest BCUT2D eigenvalue weighted by atomic mass is 10.2. The lowest BCUT2D eigenvalue weighted by molar-refractivity contribution is 0.102. The third-order valence-corrected chi connectivity index (χ3v) is 6.99. The molecule has 1 aromatic heterocycles. The molecule has 0 bridgehead atoms. The number of sulfonamides is 1. The summed E-state index contributed by atoms with van der Waals surface area (Å²) < 4.78 is 25.5. The van der Waals surface area contributed by atoms with Crippen molar-refractivity contribution in [2.24, 2.45) is 0 Å². The monoisotopic (exact) mass is 385 g/mol. The lowest BCUT2D eigenvalue weighted by Crippen LogP contribution is -2.23. The van der Waals surface area contributed by atoms with Crippen LogP contribution in [-0.2, 0) is 22.9 Å². The molecule has 128 valence electrons. The van der Waals surface area contributed by atoms with Gasteiger partial charge in [0.15, 0.2) is 5.13 Å². The molecule has 24 heavy (non-hydrogen) atoms. The maximum atomic E-state index is 12.5. The fourth-order valence-electron chi connectivity index (χ4n) is 2.46. The minimum Gasteiger partial charge on any atom is -0.298 e. The van der Waals surface area contributed by atoms with Gasteiger partial charge in [0.2, 0.25) is 10.0 Å². The van der Waals surface area contributed by atoms with Crippen molar-refractivity contribution in [1.29, 1.82) is 0 Å². The SMILES string of the molecule is CN(C)S(=O)(=O)c1ccc(Cl)c(C(=O)Nc2nc3c(s2)CCC3)c1. The van der Waals surface area contributed by atoms with Gasteiger partial charge >= 0.3 is 0 Å². The van der Waals surface area contributed by atoms with Crippen LogP contribution in [0.3, 0.4) is 0 Å². The third-order valence-electron chi connectivity index (χ3n) is 3.78. The average molecular weight is 386 g/mol. The van der Waals surface area contributed by atoms with E-state index in [9.17, 15) is 13.2 Å². The van der Waals surface area contributed by atoms with Crippen molar-refractivity contribution in [3.8, 4) is 0 Å². The second-order valence-corrected chi connectivity index (χ2v) is 9.27. The molecular weight excluding hydrogens is 370 g/mol. The number of aryl methyl sites for hydroxylation is 2. The molecule has 6 nitrogen and oxygen atoms in total. The minimum atomic E-state index is -3.64. The van der Waals surface area contributed by atoms with Gasteiger partial charge in [-0.15, -0.1) is 11.3 Å². The first-order chi connectivity index (χ1) is 11.3. The van der Waals surface area contributed by atoms with E-state index in [0.717, 1.165) is 29.3 Å². The zero-order valence-electron chi connectivity index (χ0n) is 13.2. The van der Waals surface area contributed by atoms with Gasteiger partial charge in [-0.2, -0.15) is 0 Å². The zero-order valence-corrected chi connectivity index (χ0v) is 15.6. The molecular formula is C15H16ClN3O3S2. The number of thiazole rings is 1. The number of nitrogens with one attached hydrogen (secondary N) is 1. The maximum absolute atomic E-state index is 12.5. The number of carbonyl (C=O) groups is 1. The van der Waals surface area contributed by atoms with Gasteiger partial charge in [0.1, 0.15) is 0 Å². The molecule has 9 heteroatoms. The van der Waals surface area contributed by atoms with Crippen molar-refractivity contribution in [1.82, 2.24) is 9.29 Å². The molecule has 0 spiro atoms. The van der Waals surface area contributed by atoms with Crippen LogP contribution in [0.4, 0.5) is 5.13 Å². The predicted molar refractivity (Wildman–Crippen MR) is 94.4 cm³/mol. The first kappa shape index (κ1) is 17.3. The molecule has 0 unspecified atom stereocenters. The smallest absolute Gasteiger partial charge is 0.259 e. The summed E-state index contributed by atoms with van der Waals surface area (Å²) in [5.41, 5.74) is 1.14. The average Bonchev–Trinajstić information content (AvgIpc) is 3.08. The van der Waals surface area contributed by atoms with Gasteiger partial charge < -0.3 is 0 Å². The number of benzene rings is 1. The Morgan fingerprint density at radius 1 is 1.33 bits per heavy atom. The molecule has 1 aromatic carbocycles. The summed E-state index contributed by atoms with van der Waals surface area (Å²) in [6.07, 6.45) is 3.01. The first-order valence-electron chi connectivity index (χ1n) is 7.31. The van der Waals surface area contributed by atoms with E-state index < -0.39 is 15.9 Å². The molecule has 0 saturated heterocycles. The fraction of sp³-hybridized carbons (Fsp3) is 0.333. The number of rotatable bonds is 4. The highest BCUT2D eigenvalue weighted by molar-refractivity contribution is 7.89. The number of fused-ring (bicyclic) bond motifs is 1. The molecule has 0 radical (unpaired) electrons. The van der Waals surface area contributed by atoms with Gasteiger partial charge in [-0.1, -0.05) is 11.6 Å². The zero-order chi connectivity index (χ0) is 17.5. The number of carbonyl (C=O) groups excluding carboxylic acids is 1. The highest BCUT2D eigenvalue weighted by Crippen LogP contribution is 2.31. The molecule has 0 aliphatic heterocycles. The predicted octanol–water partition coefficient (Wildman–Crippen LogP) is 2.79. The Balaban J connectivity index is 1.89. The second-order valence-electron chi connectivity index (χ2n) is 5.63. The fourth-order valence-corrected chi connectivity index (χ4v) is 4.63. The molecule has 1 amide bonds. The van der Waals surface area contributed by atoms with Crippen LogP contribution >= 0.6 is 22.9 Å². The minimum absolute atomic E-state index is 0.0173. The Morgan fingerprint density at radius 2 is 2.08 bits per heavy atom. The summed E-state index contributed by atoms with van der Waals surface area (Å²) in [6.45, 7) is 0. The summed E-state index contributed by atoms with van der Waals surface area (Å²) >= 11 is 7.53. The number of hydrogen-bond acceptors (Lipinski definition) is 5. The third kappa shape index (κ3) is 3.19. The van der Waals surface area contributed by atoms with Crippen molar-refractivity contribution in [3.63, 3.8) is 0 Å². The van der Waals surface area contributed by atoms with Crippen LogP contribution in [0.25, 0.3) is 0 Å². The molecule has 0 saturated carbocycles. The Bertz CT molecular complexity index is 885. The molecule has 1 aliphatic rings. The summed E-state index contributed by atoms with van der Waals surface area (Å²) in [7, 11) is -0.776. The summed E-state index contributed by atoms with van der Waals surface area (Å²) in [5, 5.41) is 3.42. The van der Waals surface area contributed by atoms with Crippen LogP contribution < -0.4 is 5.32 Å². The van der Waals surface area contributed by atoms with Gasteiger partial charge in [-0.25, -0.2) is 17.7 Å². The van der Waals surface area contributed by atoms with E-state index in [1.165, 1.54) is 48.5 Å². The van der Waals surface area contributed by atoms with Gasteiger partial charge in [0.25, 0.3) is 5.91 Å². The van der Waals surface area contributed by atoms with Crippen LogP contribution in [0.2, 0.25) is 5.02 Å². The number of amides is 1. The van der Waals surface area contributed by atoms with Crippen LogP contribution in [0.15, 0.2) is 23.1 Å². The van der Waals surface area contributed by atoms with Gasteiger partial charge in [0, 0.05) is 19.0 Å². The van der Waals surface area contributed by atoms with Crippen LogP contribution in [-0.4, -0.2) is 37.7 Å². The first-order valence-corrected chi connectivity index (χ1v) is 9.94. The molecule has 3 rings (SSSR count). The van der Waals surface area contributed by atoms with Crippen LogP contribution in [0, 0.1) is 0 Å². The van der Waals surface area contributed by atoms with E-state index in [1.54, 1.807) is 0 Å². The normalized spacial score (nSPS) is 14.0. The van der Waals surface area contributed by atoms with E-state index in [2.05, 4.69) is 10.3 Å². The number of halogens is 1. The van der Waals surface area contributed by atoms with Crippen molar-refractivity contribution in [3.05, 3.63) is 39.4 Å². The van der Waals surface area contributed by atoms with E-state index >= 15 is 0 Å². The Labute approximate surface area is 149 Å². The number of anilines is 1. The van der Waals surface area contributed by atoms with E-state index in [1.807, 2.05) is 0 Å². The Hall–Kier alpha value is -1.48. The molecule has 1 heterocycles. The number of nitrogens with zero attached hydrogens (tertiary/aromatic N) is 2. The Kier molecular flexibility index (Phi) is 4.65. The maximum Gasteiger partial charge on any atom is 0.259 e. The van der Waals surface area contributed by atoms with Gasteiger partial charge in [-0.3, -0.25) is 10.1 Å².